The van der Waals surface area contributed by atoms with E-state index in [1.165, 1.54) is 38.5 Å². The third kappa shape index (κ3) is 5.41. The number of alkyl halides is 1. The lowest BCUT2D eigenvalue weighted by atomic mass is 9.95. The molecule has 0 aromatic heterocycles. The van der Waals surface area contributed by atoms with Crippen molar-refractivity contribution >= 4 is 21.8 Å². The van der Waals surface area contributed by atoms with E-state index in [1.807, 2.05) is 0 Å². The Kier molecular flexibility index (Phi) is 6.53. The van der Waals surface area contributed by atoms with Gasteiger partial charge in [0.05, 0.1) is 0 Å². The SMILES string of the molecule is CCC(C)(CBr)NC(=O)CC1CCCCCC1. The number of nitrogens with one attached hydrogen (secondary N) is 1. The van der Waals surface area contributed by atoms with Crippen molar-refractivity contribution in [2.75, 3.05) is 5.33 Å². The highest BCUT2D eigenvalue weighted by atomic mass is 79.9. The second kappa shape index (κ2) is 7.40. The molecular formula is C14H26BrNO. The Morgan fingerprint density at radius 3 is 2.35 bits per heavy atom. The van der Waals surface area contributed by atoms with Gasteiger partial charge >= 0.3 is 0 Å². The molecule has 1 saturated carbocycles. The Balaban J connectivity index is 2.37. The molecule has 0 aliphatic heterocycles. The van der Waals surface area contributed by atoms with Crippen molar-refractivity contribution in [3.8, 4) is 0 Å². The van der Waals surface area contributed by atoms with Gasteiger partial charge in [0.25, 0.3) is 0 Å². The van der Waals surface area contributed by atoms with Crippen LogP contribution >= 0.6 is 15.9 Å². The van der Waals surface area contributed by atoms with Gasteiger partial charge in [-0.2, -0.15) is 0 Å². The zero-order chi connectivity index (χ0) is 12.7. The number of hydrogen-bond acceptors (Lipinski definition) is 1. The summed E-state index contributed by atoms with van der Waals surface area (Å²) in [5.74, 6) is 0.856. The van der Waals surface area contributed by atoms with E-state index in [0.717, 1.165) is 18.2 Å². The standard InChI is InChI=1S/C14H26BrNO/c1-3-14(2,11-15)16-13(17)10-12-8-6-4-5-7-9-12/h12H,3-11H2,1-2H3,(H,16,17). The zero-order valence-electron chi connectivity index (χ0n) is 11.2. The summed E-state index contributed by atoms with van der Waals surface area (Å²) in [5.41, 5.74) is -0.0815. The monoisotopic (exact) mass is 303 g/mol. The molecule has 1 fully saturated rings. The lowest BCUT2D eigenvalue weighted by Crippen LogP contribution is -2.47. The first-order valence-corrected chi connectivity index (χ1v) is 8.09. The summed E-state index contributed by atoms with van der Waals surface area (Å²) in [6.07, 6.45) is 9.49. The first-order chi connectivity index (χ1) is 8.09. The molecule has 2 nitrogen and oxygen atoms in total. The molecule has 1 rings (SSSR count). The number of carbonyl (C=O) groups is 1. The fourth-order valence-corrected chi connectivity index (χ4v) is 2.97. The largest absolute Gasteiger partial charge is 0.350 e. The molecule has 0 aromatic carbocycles. The van der Waals surface area contributed by atoms with Gasteiger partial charge < -0.3 is 5.32 Å². The van der Waals surface area contributed by atoms with Gasteiger partial charge in [0, 0.05) is 17.3 Å². The summed E-state index contributed by atoms with van der Waals surface area (Å²) in [6.45, 7) is 4.22. The fraction of sp³-hybridized carbons (Fsp3) is 0.929. The average Bonchev–Trinajstić information content (AvgIpc) is 2.57. The molecule has 17 heavy (non-hydrogen) atoms. The maximum Gasteiger partial charge on any atom is 0.220 e. The predicted molar refractivity (Wildman–Crippen MR) is 76.4 cm³/mol. The van der Waals surface area contributed by atoms with Crippen LogP contribution in [0, 0.1) is 5.92 Å². The Morgan fingerprint density at radius 2 is 1.88 bits per heavy atom. The summed E-state index contributed by atoms with van der Waals surface area (Å²) in [6, 6.07) is 0. The van der Waals surface area contributed by atoms with Gasteiger partial charge in [0.2, 0.25) is 5.91 Å². The van der Waals surface area contributed by atoms with Crippen LogP contribution in [0.1, 0.15) is 65.2 Å². The van der Waals surface area contributed by atoms with Crippen LogP contribution in [0.4, 0.5) is 0 Å². The molecule has 0 radical (unpaired) electrons. The number of carbonyl (C=O) groups excluding carboxylic acids is 1. The lowest BCUT2D eigenvalue weighted by Gasteiger charge is -2.28. The smallest absolute Gasteiger partial charge is 0.220 e. The van der Waals surface area contributed by atoms with Gasteiger partial charge in [-0.1, -0.05) is 48.5 Å². The van der Waals surface area contributed by atoms with Crippen LogP contribution in [0.15, 0.2) is 0 Å². The van der Waals surface area contributed by atoms with Crippen LogP contribution in [0.3, 0.4) is 0 Å². The third-order valence-electron chi connectivity index (χ3n) is 3.97. The van der Waals surface area contributed by atoms with E-state index in [-0.39, 0.29) is 11.4 Å². The summed E-state index contributed by atoms with van der Waals surface area (Å²) in [7, 11) is 0. The van der Waals surface area contributed by atoms with Gasteiger partial charge in [0.1, 0.15) is 0 Å². The second-order valence-corrected chi connectivity index (χ2v) is 6.22. The molecule has 1 amide bonds. The third-order valence-corrected chi connectivity index (χ3v) is 5.20. The molecule has 0 aromatic rings. The van der Waals surface area contributed by atoms with Crippen molar-refractivity contribution in [1.82, 2.24) is 5.32 Å². The van der Waals surface area contributed by atoms with Gasteiger partial charge in [0.15, 0.2) is 0 Å². The highest BCUT2D eigenvalue weighted by Gasteiger charge is 2.24. The van der Waals surface area contributed by atoms with Crippen LogP contribution in [0.5, 0.6) is 0 Å². The molecule has 1 atom stereocenters. The van der Waals surface area contributed by atoms with Crippen molar-refractivity contribution in [3.05, 3.63) is 0 Å². The van der Waals surface area contributed by atoms with Crippen LogP contribution < -0.4 is 5.32 Å². The lowest BCUT2D eigenvalue weighted by molar-refractivity contribution is -0.123. The van der Waals surface area contributed by atoms with Crippen molar-refractivity contribution in [3.63, 3.8) is 0 Å². The second-order valence-electron chi connectivity index (χ2n) is 5.66. The average molecular weight is 304 g/mol. The van der Waals surface area contributed by atoms with Gasteiger partial charge in [-0.3, -0.25) is 4.79 Å². The van der Waals surface area contributed by atoms with Gasteiger partial charge in [-0.25, -0.2) is 0 Å². The quantitative estimate of drug-likeness (QED) is 0.603. The minimum absolute atomic E-state index is 0.0815. The van der Waals surface area contributed by atoms with Crippen molar-refractivity contribution in [2.45, 2.75) is 70.8 Å². The van der Waals surface area contributed by atoms with Gasteiger partial charge in [-0.15, -0.1) is 0 Å². The van der Waals surface area contributed by atoms with E-state index >= 15 is 0 Å². The molecule has 0 saturated heterocycles. The molecule has 0 bridgehead atoms. The van der Waals surface area contributed by atoms with E-state index in [0.29, 0.717) is 5.92 Å². The molecular weight excluding hydrogens is 278 g/mol. The predicted octanol–water partition coefficient (Wildman–Crippen LogP) is 4.03. The summed E-state index contributed by atoms with van der Waals surface area (Å²) < 4.78 is 0. The van der Waals surface area contributed by atoms with E-state index < -0.39 is 0 Å². The minimum atomic E-state index is -0.0815. The van der Waals surface area contributed by atoms with Crippen molar-refractivity contribution in [1.29, 1.82) is 0 Å². The Bertz CT molecular complexity index is 230. The first kappa shape index (κ1) is 15.0. The van der Waals surface area contributed by atoms with E-state index in [2.05, 4.69) is 35.1 Å². The number of hydrogen-bond donors (Lipinski definition) is 1. The summed E-state index contributed by atoms with van der Waals surface area (Å²) >= 11 is 3.48. The topological polar surface area (TPSA) is 29.1 Å². The Hall–Kier alpha value is -0.0500. The van der Waals surface area contributed by atoms with E-state index in [1.54, 1.807) is 0 Å². The Morgan fingerprint density at radius 1 is 1.29 bits per heavy atom. The van der Waals surface area contributed by atoms with E-state index in [9.17, 15) is 4.79 Å². The maximum atomic E-state index is 12.0. The normalized spacial score (nSPS) is 21.6. The van der Waals surface area contributed by atoms with Crippen molar-refractivity contribution < 1.29 is 4.79 Å². The molecule has 0 heterocycles. The van der Waals surface area contributed by atoms with Gasteiger partial charge in [-0.05, 0) is 32.1 Å². The van der Waals surface area contributed by atoms with Crippen LogP contribution in [0.2, 0.25) is 0 Å². The molecule has 3 heteroatoms. The van der Waals surface area contributed by atoms with E-state index in [4.69, 9.17) is 0 Å². The highest BCUT2D eigenvalue weighted by molar-refractivity contribution is 9.09. The summed E-state index contributed by atoms with van der Waals surface area (Å²) in [4.78, 5) is 12.0. The number of amides is 1. The minimum Gasteiger partial charge on any atom is -0.350 e. The zero-order valence-corrected chi connectivity index (χ0v) is 12.8. The van der Waals surface area contributed by atoms with Crippen LogP contribution in [0.25, 0.3) is 0 Å². The molecule has 0 spiro atoms. The molecule has 1 aliphatic carbocycles. The maximum absolute atomic E-state index is 12.0. The summed E-state index contributed by atoms with van der Waals surface area (Å²) in [5, 5.41) is 4.00. The highest BCUT2D eigenvalue weighted by Crippen LogP contribution is 2.25. The molecule has 1 N–H and O–H groups in total. The number of halogens is 1. The van der Waals surface area contributed by atoms with Crippen LogP contribution in [-0.2, 0) is 4.79 Å². The molecule has 1 unspecified atom stereocenters. The first-order valence-electron chi connectivity index (χ1n) is 6.96. The van der Waals surface area contributed by atoms with Crippen LogP contribution in [-0.4, -0.2) is 16.8 Å². The van der Waals surface area contributed by atoms with Crippen molar-refractivity contribution in [2.24, 2.45) is 5.92 Å². The molecule has 100 valence electrons. The molecule has 1 aliphatic rings. The fourth-order valence-electron chi connectivity index (χ4n) is 2.43. The number of rotatable bonds is 5. The Labute approximate surface area is 114 Å².